The van der Waals surface area contributed by atoms with Gasteiger partial charge in [-0.25, -0.2) is 4.99 Å². The molecule has 0 aliphatic heterocycles. The number of hydrogen-bond donors (Lipinski definition) is 1. The number of hydrogen-bond acceptors (Lipinski definition) is 4. The van der Waals surface area contributed by atoms with E-state index < -0.39 is 0 Å². The summed E-state index contributed by atoms with van der Waals surface area (Å²) in [7, 11) is 1.57. The van der Waals surface area contributed by atoms with E-state index in [0.29, 0.717) is 34.7 Å². The molecule has 1 atom stereocenters. The highest BCUT2D eigenvalue weighted by molar-refractivity contribution is 6.42. The largest absolute Gasteiger partial charge is 0.463 e. The van der Waals surface area contributed by atoms with Gasteiger partial charge in [0.25, 0.3) is 11.9 Å². The summed E-state index contributed by atoms with van der Waals surface area (Å²) in [6.45, 7) is 6.73. The van der Waals surface area contributed by atoms with Crippen LogP contribution in [0.3, 0.4) is 0 Å². The van der Waals surface area contributed by atoms with E-state index >= 15 is 0 Å². The van der Waals surface area contributed by atoms with Gasteiger partial charge in [0.2, 0.25) is 0 Å². The second kappa shape index (κ2) is 9.75. The summed E-state index contributed by atoms with van der Waals surface area (Å²) < 4.78 is 10.4. The summed E-state index contributed by atoms with van der Waals surface area (Å²) in [5.74, 6) is -0.0476. The molecule has 1 aromatic carbocycles. The van der Waals surface area contributed by atoms with Crippen LogP contribution in [-0.4, -0.2) is 38.3 Å². The number of nitrogens with zero attached hydrogens (tertiary/aromatic N) is 1. The van der Waals surface area contributed by atoms with Crippen LogP contribution in [0.5, 0.6) is 0 Å². The summed E-state index contributed by atoms with van der Waals surface area (Å²) in [5.41, 5.74) is 0.375. The predicted molar refractivity (Wildman–Crippen MR) is 93.5 cm³/mol. The lowest BCUT2D eigenvalue weighted by atomic mass is 10.1. The SMILES string of the molecule is COCCOC(=NC(C)C(C)C)NC(=O)c1ccc(Cl)c(Cl)c1. The third-order valence-corrected chi connectivity index (χ3v) is 3.95. The molecule has 0 radical (unpaired) electrons. The summed E-state index contributed by atoms with van der Waals surface area (Å²) >= 11 is 11.8. The van der Waals surface area contributed by atoms with Crippen molar-refractivity contribution in [2.24, 2.45) is 10.9 Å². The first kappa shape index (κ1) is 19.7. The normalized spacial score (nSPS) is 13.1. The Hall–Kier alpha value is -1.30. The van der Waals surface area contributed by atoms with E-state index in [9.17, 15) is 4.79 Å². The third kappa shape index (κ3) is 6.77. The van der Waals surface area contributed by atoms with Crippen LogP contribution in [0.25, 0.3) is 0 Å². The van der Waals surface area contributed by atoms with E-state index in [0.717, 1.165) is 0 Å². The van der Waals surface area contributed by atoms with Crippen molar-refractivity contribution in [3.63, 3.8) is 0 Å². The van der Waals surface area contributed by atoms with Gasteiger partial charge in [0.15, 0.2) is 0 Å². The standard InChI is InChI=1S/C16H22Cl2N2O3/c1-10(2)11(3)19-16(23-8-7-22-4)20-15(21)12-5-6-13(17)14(18)9-12/h5-6,9-11H,7-8H2,1-4H3,(H,19,20,21). The second-order valence-corrected chi connectivity index (χ2v) is 6.16. The molecule has 0 bridgehead atoms. The van der Waals surface area contributed by atoms with Crippen molar-refractivity contribution in [2.45, 2.75) is 26.8 Å². The molecular weight excluding hydrogens is 339 g/mol. The Labute approximate surface area is 147 Å². The molecule has 0 spiro atoms. The van der Waals surface area contributed by atoms with Crippen LogP contribution in [0, 0.1) is 5.92 Å². The van der Waals surface area contributed by atoms with E-state index in [4.69, 9.17) is 32.7 Å². The minimum absolute atomic E-state index is 0.00153. The number of carbonyl (C=O) groups is 1. The number of halogens is 2. The van der Waals surface area contributed by atoms with Crippen molar-refractivity contribution >= 4 is 35.1 Å². The fourth-order valence-electron chi connectivity index (χ4n) is 1.47. The molecule has 128 valence electrons. The number of rotatable bonds is 6. The van der Waals surface area contributed by atoms with Crippen LogP contribution in [0.15, 0.2) is 23.2 Å². The first-order chi connectivity index (χ1) is 10.8. The van der Waals surface area contributed by atoms with Gasteiger partial charge < -0.3 is 9.47 Å². The first-order valence-corrected chi connectivity index (χ1v) is 8.06. The van der Waals surface area contributed by atoms with Gasteiger partial charge in [-0.05, 0) is 31.0 Å². The highest BCUT2D eigenvalue weighted by Gasteiger charge is 2.14. The van der Waals surface area contributed by atoms with Crippen molar-refractivity contribution < 1.29 is 14.3 Å². The number of carbonyl (C=O) groups excluding carboxylic acids is 1. The van der Waals surface area contributed by atoms with Crippen LogP contribution in [0.2, 0.25) is 10.0 Å². The van der Waals surface area contributed by atoms with Crippen LogP contribution >= 0.6 is 23.2 Å². The zero-order valence-electron chi connectivity index (χ0n) is 13.7. The monoisotopic (exact) mass is 360 g/mol. The lowest BCUT2D eigenvalue weighted by molar-refractivity contribution is 0.0953. The summed E-state index contributed by atoms with van der Waals surface area (Å²) in [5, 5.41) is 3.36. The molecule has 0 aromatic heterocycles. The molecule has 5 nitrogen and oxygen atoms in total. The van der Waals surface area contributed by atoms with Gasteiger partial charge in [-0.3, -0.25) is 10.1 Å². The molecule has 0 saturated carbocycles. The molecule has 1 unspecified atom stereocenters. The number of amides is 1. The molecule has 1 N–H and O–H groups in total. The highest BCUT2D eigenvalue weighted by Crippen LogP contribution is 2.22. The highest BCUT2D eigenvalue weighted by atomic mass is 35.5. The molecule has 0 saturated heterocycles. The van der Waals surface area contributed by atoms with E-state index in [-0.39, 0.29) is 18.0 Å². The number of amidine groups is 1. The van der Waals surface area contributed by atoms with Gasteiger partial charge in [-0.2, -0.15) is 0 Å². The van der Waals surface area contributed by atoms with Gasteiger partial charge in [0.1, 0.15) is 6.61 Å². The Balaban J connectivity index is 2.85. The average molecular weight is 361 g/mol. The molecule has 0 fully saturated rings. The number of methoxy groups -OCH3 is 1. The van der Waals surface area contributed by atoms with Crippen LogP contribution in [-0.2, 0) is 9.47 Å². The number of nitrogens with one attached hydrogen (secondary N) is 1. The van der Waals surface area contributed by atoms with Gasteiger partial charge in [-0.15, -0.1) is 0 Å². The minimum Gasteiger partial charge on any atom is -0.463 e. The fraction of sp³-hybridized carbons (Fsp3) is 0.500. The molecule has 1 aromatic rings. The minimum atomic E-state index is -0.365. The Kier molecular flexibility index (Phi) is 8.37. The fourth-order valence-corrected chi connectivity index (χ4v) is 1.77. The summed E-state index contributed by atoms with van der Waals surface area (Å²) in [6.07, 6.45) is 0. The van der Waals surface area contributed by atoms with Gasteiger partial charge >= 0.3 is 0 Å². The van der Waals surface area contributed by atoms with E-state index in [2.05, 4.69) is 10.3 Å². The zero-order valence-corrected chi connectivity index (χ0v) is 15.2. The second-order valence-electron chi connectivity index (χ2n) is 5.34. The van der Waals surface area contributed by atoms with Crippen molar-refractivity contribution in [2.75, 3.05) is 20.3 Å². The van der Waals surface area contributed by atoms with Gasteiger partial charge in [-0.1, -0.05) is 37.0 Å². The molecule has 1 amide bonds. The van der Waals surface area contributed by atoms with E-state index in [1.54, 1.807) is 19.2 Å². The molecule has 1 rings (SSSR count). The van der Waals surface area contributed by atoms with Crippen LogP contribution in [0.1, 0.15) is 31.1 Å². The molecule has 7 heteroatoms. The maximum atomic E-state index is 12.3. The lowest BCUT2D eigenvalue weighted by Crippen LogP contribution is -2.34. The Morgan fingerprint density at radius 2 is 1.91 bits per heavy atom. The quantitative estimate of drug-likeness (QED) is 0.477. The lowest BCUT2D eigenvalue weighted by Gasteiger charge is -2.15. The topological polar surface area (TPSA) is 59.9 Å². The zero-order chi connectivity index (χ0) is 17.4. The smallest absolute Gasteiger partial charge is 0.292 e. The maximum absolute atomic E-state index is 12.3. The summed E-state index contributed by atoms with van der Waals surface area (Å²) in [6, 6.07) is 4.82. The number of aliphatic imine (C=N–C) groups is 1. The Morgan fingerprint density at radius 3 is 2.48 bits per heavy atom. The van der Waals surface area contributed by atoms with Crippen molar-refractivity contribution in [3.05, 3.63) is 33.8 Å². The first-order valence-electron chi connectivity index (χ1n) is 7.31. The number of benzene rings is 1. The average Bonchev–Trinajstić information content (AvgIpc) is 2.49. The van der Waals surface area contributed by atoms with E-state index in [1.165, 1.54) is 6.07 Å². The van der Waals surface area contributed by atoms with Crippen LogP contribution < -0.4 is 5.32 Å². The Bertz CT molecular complexity index is 562. The third-order valence-electron chi connectivity index (χ3n) is 3.21. The molecule has 0 aliphatic rings. The Morgan fingerprint density at radius 1 is 1.22 bits per heavy atom. The van der Waals surface area contributed by atoms with E-state index in [1.807, 2.05) is 20.8 Å². The van der Waals surface area contributed by atoms with Gasteiger partial charge in [0, 0.05) is 12.7 Å². The molecule has 23 heavy (non-hydrogen) atoms. The van der Waals surface area contributed by atoms with Crippen molar-refractivity contribution in [1.82, 2.24) is 5.32 Å². The van der Waals surface area contributed by atoms with Crippen molar-refractivity contribution in [1.29, 1.82) is 0 Å². The molecule has 0 aliphatic carbocycles. The maximum Gasteiger partial charge on any atom is 0.292 e. The van der Waals surface area contributed by atoms with Crippen molar-refractivity contribution in [3.8, 4) is 0 Å². The number of ether oxygens (including phenoxy) is 2. The summed E-state index contributed by atoms with van der Waals surface area (Å²) in [4.78, 5) is 16.7. The molecular formula is C16H22Cl2N2O3. The van der Waals surface area contributed by atoms with Gasteiger partial charge in [0.05, 0.1) is 22.7 Å². The van der Waals surface area contributed by atoms with Crippen LogP contribution in [0.4, 0.5) is 0 Å². The molecule has 0 heterocycles. The predicted octanol–water partition coefficient (Wildman–Crippen LogP) is 3.79.